The van der Waals surface area contributed by atoms with Crippen LogP contribution in [0.5, 0.6) is 0 Å². The summed E-state index contributed by atoms with van der Waals surface area (Å²) < 4.78 is 38.6. The van der Waals surface area contributed by atoms with Crippen LogP contribution in [-0.4, -0.2) is 22.9 Å². The number of rotatable bonds is 5. The molecule has 2 aromatic rings. The van der Waals surface area contributed by atoms with Gasteiger partial charge in [-0.3, -0.25) is 14.4 Å². The lowest BCUT2D eigenvalue weighted by Gasteiger charge is -2.13. The minimum absolute atomic E-state index is 0.125. The highest BCUT2D eigenvalue weighted by molar-refractivity contribution is 6.43. The average Bonchev–Trinajstić information content (AvgIpc) is 2.68. The molecule has 0 heterocycles. The van der Waals surface area contributed by atoms with Gasteiger partial charge in [0.15, 0.2) is 0 Å². The first-order chi connectivity index (χ1) is 14.5. The lowest BCUT2D eigenvalue weighted by atomic mass is 9.96. The number of benzene rings is 2. The van der Waals surface area contributed by atoms with Crippen molar-refractivity contribution in [3.63, 3.8) is 0 Å². The van der Waals surface area contributed by atoms with E-state index in [1.165, 1.54) is 25.1 Å². The monoisotopic (exact) mass is 432 g/mol. The van der Waals surface area contributed by atoms with Crippen molar-refractivity contribution in [1.29, 1.82) is 0 Å². The molecule has 0 radical (unpaired) electrons. The van der Waals surface area contributed by atoms with Crippen molar-refractivity contribution in [2.45, 2.75) is 32.4 Å². The molecular formula is C22H19F3N2O4. The number of aryl methyl sites for hydroxylation is 1. The summed E-state index contributed by atoms with van der Waals surface area (Å²) in [7, 11) is 0. The van der Waals surface area contributed by atoms with Gasteiger partial charge in [-0.05, 0) is 49.2 Å². The number of nitrogens with one attached hydrogen (secondary N) is 2. The summed E-state index contributed by atoms with van der Waals surface area (Å²) in [6.07, 6.45) is -4.77. The van der Waals surface area contributed by atoms with Crippen molar-refractivity contribution in [3.8, 4) is 11.8 Å². The summed E-state index contributed by atoms with van der Waals surface area (Å²) in [4.78, 5) is 35.2. The van der Waals surface area contributed by atoms with E-state index in [9.17, 15) is 27.6 Å². The van der Waals surface area contributed by atoms with Crippen LogP contribution < -0.4 is 10.6 Å². The minimum Gasteiger partial charge on any atom is -0.481 e. The largest absolute Gasteiger partial charge is 0.481 e. The Balaban J connectivity index is 2.09. The smallest absolute Gasteiger partial charge is 0.416 e. The second-order valence-corrected chi connectivity index (χ2v) is 6.60. The van der Waals surface area contributed by atoms with Crippen LogP contribution in [0.3, 0.4) is 0 Å². The van der Waals surface area contributed by atoms with Crippen LogP contribution in [0.25, 0.3) is 0 Å². The number of hydrogen-bond donors (Lipinski definition) is 3. The number of carboxylic acids is 1. The maximum absolute atomic E-state index is 12.9. The molecule has 31 heavy (non-hydrogen) atoms. The van der Waals surface area contributed by atoms with E-state index in [2.05, 4.69) is 22.5 Å². The third-order valence-corrected chi connectivity index (χ3v) is 4.29. The van der Waals surface area contributed by atoms with Crippen LogP contribution in [0.2, 0.25) is 0 Å². The number of carboxylic acid groups (broad SMARTS) is 1. The van der Waals surface area contributed by atoms with Gasteiger partial charge in [-0.1, -0.05) is 24.1 Å². The van der Waals surface area contributed by atoms with E-state index in [0.717, 1.165) is 12.1 Å². The van der Waals surface area contributed by atoms with Gasteiger partial charge in [0, 0.05) is 11.4 Å². The Hall–Kier alpha value is -3.80. The summed E-state index contributed by atoms with van der Waals surface area (Å²) >= 11 is 0. The molecule has 0 spiro atoms. The van der Waals surface area contributed by atoms with Crippen LogP contribution in [0.15, 0.2) is 42.5 Å². The van der Waals surface area contributed by atoms with E-state index in [-0.39, 0.29) is 17.8 Å². The first-order valence-corrected chi connectivity index (χ1v) is 9.05. The first-order valence-electron chi connectivity index (χ1n) is 9.05. The number of carbonyl (C=O) groups excluding carboxylic acids is 2. The summed E-state index contributed by atoms with van der Waals surface area (Å²) in [5.74, 6) is 1.72. The summed E-state index contributed by atoms with van der Waals surface area (Å²) in [5.41, 5.74) is 0.164. The summed E-state index contributed by atoms with van der Waals surface area (Å²) in [5, 5.41) is 13.5. The molecule has 0 aliphatic rings. The van der Waals surface area contributed by atoms with Crippen LogP contribution in [0, 0.1) is 18.8 Å². The van der Waals surface area contributed by atoms with Crippen molar-refractivity contribution in [3.05, 3.63) is 59.2 Å². The lowest BCUT2D eigenvalue weighted by Crippen LogP contribution is -2.29. The highest BCUT2D eigenvalue weighted by Gasteiger charge is 2.31. The molecule has 0 aromatic heterocycles. The van der Waals surface area contributed by atoms with Crippen LogP contribution in [-0.2, 0) is 20.6 Å². The van der Waals surface area contributed by atoms with E-state index >= 15 is 0 Å². The first kappa shape index (κ1) is 23.5. The van der Waals surface area contributed by atoms with E-state index in [0.29, 0.717) is 11.1 Å². The van der Waals surface area contributed by atoms with Gasteiger partial charge in [0.1, 0.15) is 0 Å². The summed E-state index contributed by atoms with van der Waals surface area (Å²) in [6.45, 7) is 3.09. The van der Waals surface area contributed by atoms with E-state index in [4.69, 9.17) is 5.11 Å². The average molecular weight is 432 g/mol. The molecule has 0 saturated heterocycles. The van der Waals surface area contributed by atoms with Crippen molar-refractivity contribution >= 4 is 29.2 Å². The Bertz CT molecular complexity index is 1050. The minimum atomic E-state index is -4.59. The number of aliphatic carboxylic acids is 1. The Morgan fingerprint density at radius 1 is 1.03 bits per heavy atom. The zero-order chi connectivity index (χ0) is 23.2. The van der Waals surface area contributed by atoms with Gasteiger partial charge in [0.25, 0.3) is 0 Å². The topological polar surface area (TPSA) is 95.5 Å². The van der Waals surface area contributed by atoms with Gasteiger partial charge in [0.05, 0.1) is 17.9 Å². The lowest BCUT2D eigenvalue weighted by molar-refractivity contribution is -0.138. The number of alkyl halides is 3. The molecule has 2 rings (SSSR count). The standard InChI is InChI=1S/C22H19F3N2O4/c1-3-4-15(11-19(28)29)14-6-9-17(10-7-14)26-20(30)21(31)27-18-12-16(22(23,24)25)8-5-13(18)2/h5-10,12,15H,11H2,1-2H3,(H,26,30)(H,27,31)(H,28,29). The fourth-order valence-corrected chi connectivity index (χ4v) is 2.70. The van der Waals surface area contributed by atoms with Crippen molar-refractivity contribution in [2.24, 2.45) is 0 Å². The van der Waals surface area contributed by atoms with E-state index in [1.54, 1.807) is 19.1 Å². The molecule has 0 aliphatic heterocycles. The number of hydrogen-bond acceptors (Lipinski definition) is 3. The van der Waals surface area contributed by atoms with Gasteiger partial charge in [-0.15, -0.1) is 5.92 Å². The highest BCUT2D eigenvalue weighted by atomic mass is 19.4. The van der Waals surface area contributed by atoms with Gasteiger partial charge in [0.2, 0.25) is 0 Å². The second kappa shape index (κ2) is 9.80. The van der Waals surface area contributed by atoms with Crippen LogP contribution >= 0.6 is 0 Å². The number of halogens is 3. The van der Waals surface area contributed by atoms with E-state index < -0.39 is 35.4 Å². The molecule has 162 valence electrons. The van der Waals surface area contributed by atoms with Crippen LogP contribution in [0.1, 0.15) is 36.0 Å². The van der Waals surface area contributed by atoms with Gasteiger partial charge >= 0.3 is 24.0 Å². The third kappa shape index (κ3) is 6.60. The number of amides is 2. The highest BCUT2D eigenvalue weighted by Crippen LogP contribution is 2.32. The normalized spacial score (nSPS) is 11.6. The zero-order valence-electron chi connectivity index (χ0n) is 16.6. The molecule has 0 bridgehead atoms. The number of anilines is 2. The van der Waals surface area contributed by atoms with Gasteiger partial charge < -0.3 is 15.7 Å². The maximum Gasteiger partial charge on any atom is 0.416 e. The number of carbonyl (C=O) groups is 3. The third-order valence-electron chi connectivity index (χ3n) is 4.29. The Kier molecular flexibility index (Phi) is 7.42. The predicted molar refractivity (Wildman–Crippen MR) is 108 cm³/mol. The van der Waals surface area contributed by atoms with E-state index in [1.807, 2.05) is 0 Å². The Morgan fingerprint density at radius 2 is 1.65 bits per heavy atom. The van der Waals surface area contributed by atoms with Crippen molar-refractivity contribution in [1.82, 2.24) is 0 Å². The molecular weight excluding hydrogens is 413 g/mol. The van der Waals surface area contributed by atoms with Gasteiger partial charge in [-0.2, -0.15) is 13.2 Å². The van der Waals surface area contributed by atoms with Crippen molar-refractivity contribution in [2.75, 3.05) is 10.6 Å². The van der Waals surface area contributed by atoms with Gasteiger partial charge in [-0.25, -0.2) is 0 Å². The quantitative estimate of drug-likeness (QED) is 0.488. The molecule has 6 nitrogen and oxygen atoms in total. The molecule has 1 atom stereocenters. The maximum atomic E-state index is 12.9. The molecule has 2 aromatic carbocycles. The zero-order valence-corrected chi connectivity index (χ0v) is 16.6. The summed E-state index contributed by atoms with van der Waals surface area (Å²) in [6, 6.07) is 8.93. The molecule has 0 saturated carbocycles. The molecule has 2 amide bonds. The second-order valence-electron chi connectivity index (χ2n) is 6.60. The predicted octanol–water partition coefficient (Wildman–Crippen LogP) is 4.17. The fourth-order valence-electron chi connectivity index (χ4n) is 2.70. The molecule has 9 heteroatoms. The molecule has 0 fully saturated rings. The SMILES string of the molecule is CC#CC(CC(=O)O)c1ccc(NC(=O)C(=O)Nc2cc(C(F)(F)F)ccc2C)cc1. The van der Waals surface area contributed by atoms with Crippen LogP contribution in [0.4, 0.5) is 24.5 Å². The fraction of sp³-hybridized carbons (Fsp3) is 0.227. The molecule has 1 unspecified atom stereocenters. The Labute approximate surface area is 176 Å². The Morgan fingerprint density at radius 3 is 2.19 bits per heavy atom. The molecule has 0 aliphatic carbocycles. The molecule has 3 N–H and O–H groups in total. The van der Waals surface area contributed by atoms with Crippen molar-refractivity contribution < 1.29 is 32.7 Å².